The molecule has 1 saturated heterocycles. The molecule has 1 N–H and O–H groups in total. The summed E-state index contributed by atoms with van der Waals surface area (Å²) in [6.07, 6.45) is 1.92. The normalized spacial score (nSPS) is 22.5. The summed E-state index contributed by atoms with van der Waals surface area (Å²) in [6, 6.07) is 9.23. The molecule has 2 rings (SSSR count). The standard InChI is InChI=1S/C14H16N2O2S/c15-10-12-3-1-11(2-4-12)9-14(17)16-13-5-7-19(18)8-6-13/h1-4,13H,5-9H2,(H,16,17). The van der Waals surface area contributed by atoms with Gasteiger partial charge in [-0.15, -0.1) is 0 Å². The molecule has 4 nitrogen and oxygen atoms in total. The Morgan fingerprint density at radius 2 is 1.95 bits per heavy atom. The van der Waals surface area contributed by atoms with Crippen molar-refractivity contribution in [3.63, 3.8) is 0 Å². The fraction of sp³-hybridized carbons (Fsp3) is 0.429. The van der Waals surface area contributed by atoms with Gasteiger partial charge in [-0.2, -0.15) is 5.26 Å². The molecule has 1 aliphatic heterocycles. The molecule has 0 atom stereocenters. The van der Waals surface area contributed by atoms with E-state index in [1.807, 2.05) is 6.07 Å². The first-order chi connectivity index (χ1) is 9.17. The summed E-state index contributed by atoms with van der Waals surface area (Å²) in [4.78, 5) is 11.9. The lowest BCUT2D eigenvalue weighted by molar-refractivity contribution is -0.121. The fourth-order valence-corrected chi connectivity index (χ4v) is 3.40. The zero-order valence-electron chi connectivity index (χ0n) is 10.6. The molecule has 0 saturated carbocycles. The van der Waals surface area contributed by atoms with Gasteiger partial charge in [0.15, 0.2) is 0 Å². The van der Waals surface area contributed by atoms with E-state index in [0.717, 1.165) is 18.4 Å². The Hall–Kier alpha value is -1.67. The van der Waals surface area contributed by atoms with E-state index in [4.69, 9.17) is 5.26 Å². The van der Waals surface area contributed by atoms with Crippen molar-refractivity contribution in [3.05, 3.63) is 35.4 Å². The molecule has 1 amide bonds. The minimum absolute atomic E-state index is 0.0117. The summed E-state index contributed by atoms with van der Waals surface area (Å²) in [5.74, 6) is 1.35. The molecule has 1 heterocycles. The van der Waals surface area contributed by atoms with Crippen molar-refractivity contribution in [2.45, 2.75) is 25.3 Å². The molecule has 19 heavy (non-hydrogen) atoms. The van der Waals surface area contributed by atoms with E-state index in [-0.39, 0.29) is 11.9 Å². The van der Waals surface area contributed by atoms with E-state index < -0.39 is 10.8 Å². The van der Waals surface area contributed by atoms with Gasteiger partial charge in [-0.05, 0) is 30.5 Å². The van der Waals surface area contributed by atoms with E-state index in [1.165, 1.54) is 0 Å². The van der Waals surface area contributed by atoms with Gasteiger partial charge < -0.3 is 5.32 Å². The quantitative estimate of drug-likeness (QED) is 0.899. The number of hydrogen-bond acceptors (Lipinski definition) is 3. The van der Waals surface area contributed by atoms with Crippen LogP contribution in [-0.4, -0.2) is 27.7 Å². The minimum Gasteiger partial charge on any atom is -0.353 e. The molecular weight excluding hydrogens is 260 g/mol. The Kier molecular flexibility index (Phi) is 4.69. The number of nitrogens with zero attached hydrogens (tertiary/aromatic N) is 1. The third-order valence-corrected chi connectivity index (χ3v) is 4.58. The van der Waals surface area contributed by atoms with Crippen LogP contribution in [0.15, 0.2) is 24.3 Å². The van der Waals surface area contributed by atoms with Gasteiger partial charge in [0.25, 0.3) is 0 Å². The molecule has 0 radical (unpaired) electrons. The number of carbonyl (C=O) groups is 1. The van der Waals surface area contributed by atoms with Crippen molar-refractivity contribution >= 4 is 16.7 Å². The number of rotatable bonds is 3. The van der Waals surface area contributed by atoms with Crippen LogP contribution in [0, 0.1) is 11.3 Å². The molecule has 1 fully saturated rings. The van der Waals surface area contributed by atoms with Crippen LogP contribution in [0.2, 0.25) is 0 Å². The second kappa shape index (κ2) is 6.48. The number of benzene rings is 1. The molecular formula is C14H16N2O2S. The smallest absolute Gasteiger partial charge is 0.224 e. The number of nitrogens with one attached hydrogen (secondary N) is 1. The van der Waals surface area contributed by atoms with E-state index >= 15 is 0 Å². The molecule has 1 aliphatic rings. The summed E-state index contributed by atoms with van der Waals surface area (Å²) in [5, 5.41) is 11.7. The first-order valence-corrected chi connectivity index (χ1v) is 7.79. The van der Waals surface area contributed by atoms with Gasteiger partial charge in [0.2, 0.25) is 5.91 Å². The monoisotopic (exact) mass is 276 g/mol. The van der Waals surface area contributed by atoms with Crippen LogP contribution in [0.3, 0.4) is 0 Å². The van der Waals surface area contributed by atoms with Gasteiger partial charge in [0.05, 0.1) is 18.1 Å². The highest BCUT2D eigenvalue weighted by atomic mass is 32.2. The molecule has 1 aromatic carbocycles. The molecule has 0 bridgehead atoms. The highest BCUT2D eigenvalue weighted by Gasteiger charge is 2.19. The van der Waals surface area contributed by atoms with Crippen molar-refractivity contribution in [1.29, 1.82) is 5.26 Å². The average Bonchev–Trinajstić information content (AvgIpc) is 2.42. The Labute approximate surface area is 115 Å². The summed E-state index contributed by atoms with van der Waals surface area (Å²) < 4.78 is 11.2. The van der Waals surface area contributed by atoms with Crippen LogP contribution in [0.1, 0.15) is 24.0 Å². The number of amides is 1. The van der Waals surface area contributed by atoms with Crippen LogP contribution >= 0.6 is 0 Å². The van der Waals surface area contributed by atoms with Crippen molar-refractivity contribution < 1.29 is 9.00 Å². The van der Waals surface area contributed by atoms with E-state index in [9.17, 15) is 9.00 Å². The SMILES string of the molecule is N#Cc1ccc(CC(=O)NC2CCS(=O)CC2)cc1. The molecule has 0 aromatic heterocycles. The van der Waals surface area contributed by atoms with Gasteiger partial charge >= 0.3 is 0 Å². The lowest BCUT2D eigenvalue weighted by Gasteiger charge is -2.22. The Balaban J connectivity index is 1.83. The Morgan fingerprint density at radius 3 is 2.53 bits per heavy atom. The maximum Gasteiger partial charge on any atom is 0.224 e. The highest BCUT2D eigenvalue weighted by molar-refractivity contribution is 7.85. The number of carbonyl (C=O) groups excluding carboxylic acids is 1. The first-order valence-electron chi connectivity index (χ1n) is 6.31. The van der Waals surface area contributed by atoms with Crippen molar-refractivity contribution in [2.75, 3.05) is 11.5 Å². The molecule has 0 aliphatic carbocycles. The highest BCUT2D eigenvalue weighted by Crippen LogP contribution is 2.10. The third kappa shape index (κ3) is 4.18. The molecule has 100 valence electrons. The fourth-order valence-electron chi connectivity index (χ4n) is 2.10. The minimum atomic E-state index is -0.699. The average molecular weight is 276 g/mol. The van der Waals surface area contributed by atoms with Crippen LogP contribution < -0.4 is 5.32 Å². The lowest BCUT2D eigenvalue weighted by atomic mass is 10.1. The van der Waals surface area contributed by atoms with Crippen molar-refractivity contribution in [3.8, 4) is 6.07 Å². The van der Waals surface area contributed by atoms with Crippen LogP contribution in [0.5, 0.6) is 0 Å². The Morgan fingerprint density at radius 1 is 1.32 bits per heavy atom. The van der Waals surface area contributed by atoms with Crippen LogP contribution in [0.4, 0.5) is 0 Å². The van der Waals surface area contributed by atoms with Gasteiger partial charge in [-0.1, -0.05) is 12.1 Å². The summed E-state index contributed by atoms with van der Waals surface area (Å²) in [5.41, 5.74) is 1.50. The Bertz CT molecular complexity index is 509. The first kappa shape index (κ1) is 13.8. The van der Waals surface area contributed by atoms with Gasteiger partial charge in [0, 0.05) is 28.3 Å². The third-order valence-electron chi connectivity index (χ3n) is 3.20. The molecule has 5 heteroatoms. The predicted molar refractivity (Wildman–Crippen MR) is 73.9 cm³/mol. The largest absolute Gasteiger partial charge is 0.353 e. The predicted octanol–water partition coefficient (Wildman–Crippen LogP) is 1.13. The second-order valence-corrected chi connectivity index (χ2v) is 6.37. The topological polar surface area (TPSA) is 70.0 Å². The molecule has 0 unspecified atom stereocenters. The van der Waals surface area contributed by atoms with Gasteiger partial charge in [-0.3, -0.25) is 9.00 Å². The zero-order chi connectivity index (χ0) is 13.7. The molecule has 0 spiro atoms. The van der Waals surface area contributed by atoms with Crippen LogP contribution in [-0.2, 0) is 22.0 Å². The maximum absolute atomic E-state index is 11.9. The summed E-state index contributed by atoms with van der Waals surface area (Å²) in [7, 11) is -0.699. The number of nitriles is 1. The van der Waals surface area contributed by atoms with Crippen molar-refractivity contribution in [1.82, 2.24) is 5.32 Å². The summed E-state index contributed by atoms with van der Waals surface area (Å²) in [6.45, 7) is 0. The number of hydrogen-bond donors (Lipinski definition) is 1. The van der Waals surface area contributed by atoms with Gasteiger partial charge in [0.1, 0.15) is 0 Å². The van der Waals surface area contributed by atoms with Crippen molar-refractivity contribution in [2.24, 2.45) is 0 Å². The van der Waals surface area contributed by atoms with E-state index in [1.54, 1.807) is 24.3 Å². The summed E-state index contributed by atoms with van der Waals surface area (Å²) >= 11 is 0. The second-order valence-electron chi connectivity index (χ2n) is 4.68. The van der Waals surface area contributed by atoms with E-state index in [2.05, 4.69) is 5.32 Å². The van der Waals surface area contributed by atoms with E-state index in [0.29, 0.717) is 23.5 Å². The lowest BCUT2D eigenvalue weighted by Crippen LogP contribution is -2.40. The maximum atomic E-state index is 11.9. The zero-order valence-corrected chi connectivity index (χ0v) is 11.4. The molecule has 1 aromatic rings. The van der Waals surface area contributed by atoms with Gasteiger partial charge in [-0.25, -0.2) is 0 Å². The van der Waals surface area contributed by atoms with Crippen LogP contribution in [0.25, 0.3) is 0 Å².